The Bertz CT molecular complexity index is 435. The molecule has 2 rings (SSSR count). The second-order valence-corrected chi connectivity index (χ2v) is 6.12. The molecule has 1 aromatic rings. The van der Waals surface area contributed by atoms with Crippen LogP contribution in [0.3, 0.4) is 0 Å². The quantitative estimate of drug-likeness (QED) is 0.880. The Hall–Kier alpha value is -1.31. The van der Waals surface area contributed by atoms with Crippen LogP contribution < -0.4 is 0 Å². The second-order valence-electron chi connectivity index (χ2n) is 6.12. The summed E-state index contributed by atoms with van der Waals surface area (Å²) in [6.07, 6.45) is 5.69. The molecule has 1 aliphatic rings. The summed E-state index contributed by atoms with van der Waals surface area (Å²) in [7, 11) is 0. The first-order valence-corrected chi connectivity index (χ1v) is 7.35. The fourth-order valence-corrected chi connectivity index (χ4v) is 3.36. The Morgan fingerprint density at radius 2 is 2.05 bits per heavy atom. The molecule has 0 aliphatic heterocycles. The molecule has 0 bridgehead atoms. The smallest absolute Gasteiger partial charge is 0.309 e. The Balaban J connectivity index is 2.19. The minimum absolute atomic E-state index is 0.534. The lowest BCUT2D eigenvalue weighted by atomic mass is 9.66. The van der Waals surface area contributed by atoms with Gasteiger partial charge in [0.05, 0.1) is 5.41 Å². The van der Waals surface area contributed by atoms with Crippen molar-refractivity contribution in [3.05, 3.63) is 35.4 Å². The van der Waals surface area contributed by atoms with E-state index in [0.717, 1.165) is 31.2 Å². The van der Waals surface area contributed by atoms with Gasteiger partial charge in [0.25, 0.3) is 0 Å². The van der Waals surface area contributed by atoms with E-state index in [2.05, 4.69) is 38.1 Å². The molecule has 1 saturated carbocycles. The molecule has 2 atom stereocenters. The number of aryl methyl sites for hydroxylation is 1. The zero-order chi connectivity index (χ0) is 13.9. The first-order chi connectivity index (χ1) is 9.05. The van der Waals surface area contributed by atoms with Crippen molar-refractivity contribution in [2.24, 2.45) is 11.3 Å². The highest BCUT2D eigenvalue weighted by Crippen LogP contribution is 2.43. The van der Waals surface area contributed by atoms with E-state index in [0.29, 0.717) is 12.3 Å². The summed E-state index contributed by atoms with van der Waals surface area (Å²) in [6.45, 7) is 4.24. The number of carbonyl (C=O) groups is 1. The van der Waals surface area contributed by atoms with Gasteiger partial charge < -0.3 is 5.11 Å². The standard InChI is InChI=1S/C17H24O2/c1-3-14-5-4-10-17(11-14,16(18)19)12-15-8-6-13(2)7-9-15/h6-9,14H,3-5,10-12H2,1-2H3,(H,18,19). The zero-order valence-corrected chi connectivity index (χ0v) is 12.0. The van der Waals surface area contributed by atoms with Crippen LogP contribution in [0.15, 0.2) is 24.3 Å². The molecular weight excluding hydrogens is 236 g/mol. The van der Waals surface area contributed by atoms with Gasteiger partial charge in [-0.3, -0.25) is 4.79 Å². The molecule has 2 heteroatoms. The predicted octanol–water partition coefficient (Wildman–Crippen LogP) is 4.21. The number of aliphatic carboxylic acids is 1. The molecule has 0 heterocycles. The first kappa shape index (κ1) is 14.1. The van der Waals surface area contributed by atoms with Gasteiger partial charge in [-0.25, -0.2) is 0 Å². The molecule has 2 unspecified atom stereocenters. The lowest BCUT2D eigenvalue weighted by Gasteiger charge is -2.37. The molecule has 0 aromatic heterocycles. The van der Waals surface area contributed by atoms with Crippen molar-refractivity contribution < 1.29 is 9.90 Å². The van der Waals surface area contributed by atoms with Crippen LogP contribution in [0, 0.1) is 18.3 Å². The highest BCUT2D eigenvalue weighted by atomic mass is 16.4. The maximum Gasteiger partial charge on any atom is 0.309 e. The average molecular weight is 260 g/mol. The second kappa shape index (κ2) is 5.77. The first-order valence-electron chi connectivity index (χ1n) is 7.35. The van der Waals surface area contributed by atoms with Gasteiger partial charge in [-0.1, -0.05) is 56.0 Å². The van der Waals surface area contributed by atoms with E-state index < -0.39 is 11.4 Å². The van der Waals surface area contributed by atoms with Crippen molar-refractivity contribution in [1.29, 1.82) is 0 Å². The number of rotatable bonds is 4. The summed E-state index contributed by atoms with van der Waals surface area (Å²) in [5.41, 5.74) is 1.85. The number of hydrogen-bond donors (Lipinski definition) is 1. The third-order valence-corrected chi connectivity index (χ3v) is 4.64. The minimum atomic E-state index is -0.605. The molecule has 1 fully saturated rings. The molecule has 0 radical (unpaired) electrons. The summed E-state index contributed by atoms with van der Waals surface area (Å²) in [5, 5.41) is 9.72. The molecule has 2 nitrogen and oxygen atoms in total. The van der Waals surface area contributed by atoms with Gasteiger partial charge in [0.15, 0.2) is 0 Å². The van der Waals surface area contributed by atoms with Crippen LogP contribution in [-0.4, -0.2) is 11.1 Å². The number of carboxylic acids is 1. The van der Waals surface area contributed by atoms with Crippen LogP contribution in [0.1, 0.15) is 50.2 Å². The van der Waals surface area contributed by atoms with Crippen molar-refractivity contribution in [2.45, 2.75) is 52.4 Å². The molecule has 0 amide bonds. The molecular formula is C17H24O2. The maximum atomic E-state index is 11.8. The summed E-state index contributed by atoms with van der Waals surface area (Å²) in [6, 6.07) is 8.31. The molecule has 0 saturated heterocycles. The zero-order valence-electron chi connectivity index (χ0n) is 12.0. The lowest BCUT2D eigenvalue weighted by Crippen LogP contribution is -2.38. The maximum absolute atomic E-state index is 11.8. The molecule has 1 aromatic carbocycles. The SMILES string of the molecule is CCC1CCCC(Cc2ccc(C)cc2)(C(=O)O)C1. The van der Waals surface area contributed by atoms with E-state index in [1.54, 1.807) is 0 Å². The monoisotopic (exact) mass is 260 g/mol. The molecule has 104 valence electrons. The summed E-state index contributed by atoms with van der Waals surface area (Å²) in [4.78, 5) is 11.8. The highest BCUT2D eigenvalue weighted by Gasteiger charge is 2.42. The highest BCUT2D eigenvalue weighted by molar-refractivity contribution is 5.75. The Kier molecular flexibility index (Phi) is 4.28. The topological polar surface area (TPSA) is 37.3 Å². The average Bonchev–Trinajstić information content (AvgIpc) is 2.41. The summed E-state index contributed by atoms with van der Waals surface area (Å²) >= 11 is 0. The van der Waals surface area contributed by atoms with Gasteiger partial charge >= 0.3 is 5.97 Å². The van der Waals surface area contributed by atoms with Crippen LogP contribution in [0.5, 0.6) is 0 Å². The van der Waals surface area contributed by atoms with E-state index >= 15 is 0 Å². The third-order valence-electron chi connectivity index (χ3n) is 4.64. The molecule has 19 heavy (non-hydrogen) atoms. The lowest BCUT2D eigenvalue weighted by molar-refractivity contribution is -0.152. The number of hydrogen-bond acceptors (Lipinski definition) is 1. The molecule has 1 aliphatic carbocycles. The van der Waals surface area contributed by atoms with Gasteiger partial charge in [-0.2, -0.15) is 0 Å². The Morgan fingerprint density at radius 1 is 1.37 bits per heavy atom. The third kappa shape index (κ3) is 3.17. The van der Waals surface area contributed by atoms with Crippen molar-refractivity contribution in [1.82, 2.24) is 0 Å². The minimum Gasteiger partial charge on any atom is -0.481 e. The van der Waals surface area contributed by atoms with Gasteiger partial charge in [-0.05, 0) is 37.7 Å². The van der Waals surface area contributed by atoms with E-state index in [1.807, 2.05) is 0 Å². The van der Waals surface area contributed by atoms with Gasteiger partial charge in [-0.15, -0.1) is 0 Å². The van der Waals surface area contributed by atoms with Crippen LogP contribution in [0.2, 0.25) is 0 Å². The van der Waals surface area contributed by atoms with Crippen molar-refractivity contribution in [3.63, 3.8) is 0 Å². The number of benzene rings is 1. The molecule has 1 N–H and O–H groups in total. The van der Waals surface area contributed by atoms with Crippen LogP contribution >= 0.6 is 0 Å². The number of carboxylic acid groups (broad SMARTS) is 1. The summed E-state index contributed by atoms with van der Waals surface area (Å²) in [5.74, 6) is -0.0264. The van der Waals surface area contributed by atoms with Crippen molar-refractivity contribution >= 4 is 5.97 Å². The van der Waals surface area contributed by atoms with Gasteiger partial charge in [0.2, 0.25) is 0 Å². The van der Waals surface area contributed by atoms with Gasteiger partial charge in [0.1, 0.15) is 0 Å². The van der Waals surface area contributed by atoms with E-state index in [9.17, 15) is 9.90 Å². The van der Waals surface area contributed by atoms with Crippen molar-refractivity contribution in [3.8, 4) is 0 Å². The predicted molar refractivity (Wildman–Crippen MR) is 77.2 cm³/mol. The van der Waals surface area contributed by atoms with E-state index in [4.69, 9.17) is 0 Å². The Morgan fingerprint density at radius 3 is 2.63 bits per heavy atom. The summed E-state index contributed by atoms with van der Waals surface area (Å²) < 4.78 is 0. The normalized spacial score (nSPS) is 27.2. The fraction of sp³-hybridized carbons (Fsp3) is 0.588. The fourth-order valence-electron chi connectivity index (χ4n) is 3.36. The van der Waals surface area contributed by atoms with Crippen molar-refractivity contribution in [2.75, 3.05) is 0 Å². The Labute approximate surface area is 115 Å². The van der Waals surface area contributed by atoms with Crippen LogP contribution in [0.25, 0.3) is 0 Å². The van der Waals surface area contributed by atoms with Gasteiger partial charge in [0, 0.05) is 0 Å². The molecule has 0 spiro atoms. The largest absolute Gasteiger partial charge is 0.481 e. The van der Waals surface area contributed by atoms with E-state index in [-0.39, 0.29) is 0 Å². The van der Waals surface area contributed by atoms with E-state index in [1.165, 1.54) is 12.0 Å². The van der Waals surface area contributed by atoms with Crippen LogP contribution in [0.4, 0.5) is 0 Å². The van der Waals surface area contributed by atoms with Crippen LogP contribution in [-0.2, 0) is 11.2 Å².